The van der Waals surface area contributed by atoms with Crippen LogP contribution in [0.15, 0.2) is 0 Å². The number of alkyl halides is 3. The van der Waals surface area contributed by atoms with Crippen molar-refractivity contribution in [3.63, 3.8) is 0 Å². The average Bonchev–Trinajstić information content (AvgIpc) is 2.26. The third kappa shape index (κ3) is 5.63. The summed E-state index contributed by atoms with van der Waals surface area (Å²) in [7, 11) is -4.93. The summed E-state index contributed by atoms with van der Waals surface area (Å²) in [5.74, 6) is -0.612. The Morgan fingerprint density at radius 2 is 1.85 bits per heavy atom. The molecule has 1 unspecified atom stereocenters. The molecule has 120 valence electrons. The maximum absolute atomic E-state index is 13.1. The van der Waals surface area contributed by atoms with E-state index in [1.165, 1.54) is 13.8 Å². The molecule has 0 amide bonds. The maximum Gasteiger partial charge on any atom is 0.364 e. The number of hydrogen-bond acceptors (Lipinski definition) is 6. The molecule has 0 spiro atoms. The molecule has 0 fully saturated rings. The minimum Gasteiger partial charge on any atom is -0.743 e. The molecule has 10 heteroatoms. The molecule has 0 radical (unpaired) electrons. The first-order chi connectivity index (χ1) is 8.83. The Morgan fingerprint density at radius 1 is 1.35 bits per heavy atom. The van der Waals surface area contributed by atoms with Crippen molar-refractivity contribution >= 4 is 16.1 Å². The lowest BCUT2D eigenvalue weighted by molar-refractivity contribution is -0.147. The molecule has 6 nitrogen and oxygen atoms in total. The Bertz CT molecular complexity index is 434. The fraction of sp³-hybridized carbons (Fsp3) is 0.900. The van der Waals surface area contributed by atoms with E-state index in [1.807, 2.05) is 0 Å². The Morgan fingerprint density at radius 3 is 2.25 bits per heavy atom. The van der Waals surface area contributed by atoms with E-state index < -0.39 is 46.1 Å². The van der Waals surface area contributed by atoms with Crippen molar-refractivity contribution < 1.29 is 40.4 Å². The van der Waals surface area contributed by atoms with Gasteiger partial charge < -0.3 is 14.0 Å². The molecule has 0 bridgehead atoms. The van der Waals surface area contributed by atoms with Gasteiger partial charge in [0.1, 0.15) is 0 Å². The van der Waals surface area contributed by atoms with Crippen LogP contribution in [0.5, 0.6) is 0 Å². The summed E-state index contributed by atoms with van der Waals surface area (Å²) in [5, 5.41) is -5.01. The van der Waals surface area contributed by atoms with E-state index in [2.05, 4.69) is 4.74 Å². The number of methoxy groups -OCH3 is 1. The van der Waals surface area contributed by atoms with Crippen molar-refractivity contribution in [1.29, 1.82) is 0 Å². The number of hydrogen-bond donors (Lipinski definition) is 0. The lowest BCUT2D eigenvalue weighted by Gasteiger charge is -2.26. The molecule has 0 aromatic rings. The van der Waals surface area contributed by atoms with Crippen LogP contribution in [0.25, 0.3) is 0 Å². The summed E-state index contributed by atoms with van der Waals surface area (Å²) in [6, 6.07) is 0. The molecule has 0 aromatic carbocycles. The minimum absolute atomic E-state index is 0.198. The number of halogens is 3. The number of rotatable bonds is 8. The van der Waals surface area contributed by atoms with Crippen LogP contribution < -0.4 is 0 Å². The van der Waals surface area contributed by atoms with Gasteiger partial charge >= 0.3 is 11.2 Å². The quantitative estimate of drug-likeness (QED) is 0.493. The number of carbonyl (C=O) groups excluding carboxylic acids is 1. The molecule has 20 heavy (non-hydrogen) atoms. The lowest BCUT2D eigenvalue weighted by atomic mass is 10.1. The van der Waals surface area contributed by atoms with Gasteiger partial charge in [0, 0.05) is 6.42 Å². The third-order valence-corrected chi connectivity index (χ3v) is 3.28. The molecule has 0 heterocycles. The van der Waals surface area contributed by atoms with E-state index in [0.717, 1.165) is 7.11 Å². The predicted molar refractivity (Wildman–Crippen MR) is 60.8 cm³/mol. The zero-order valence-corrected chi connectivity index (χ0v) is 12.0. The van der Waals surface area contributed by atoms with Crippen LogP contribution in [-0.4, -0.2) is 49.7 Å². The summed E-state index contributed by atoms with van der Waals surface area (Å²) in [6.45, 7) is 2.30. The van der Waals surface area contributed by atoms with E-state index in [-0.39, 0.29) is 6.42 Å². The van der Waals surface area contributed by atoms with Crippen molar-refractivity contribution in [2.45, 2.75) is 43.7 Å². The molecule has 0 aliphatic heterocycles. The third-order valence-electron chi connectivity index (χ3n) is 2.36. The summed E-state index contributed by atoms with van der Waals surface area (Å²) < 4.78 is 78.6. The highest BCUT2D eigenvalue weighted by Crippen LogP contribution is 2.29. The van der Waals surface area contributed by atoms with Gasteiger partial charge in [-0.15, -0.1) is 0 Å². The highest BCUT2D eigenvalue weighted by molar-refractivity contribution is 7.86. The van der Waals surface area contributed by atoms with Crippen molar-refractivity contribution in [1.82, 2.24) is 0 Å². The largest absolute Gasteiger partial charge is 0.743 e. The molecule has 0 saturated heterocycles. The van der Waals surface area contributed by atoms with Crippen LogP contribution in [0, 0.1) is 0 Å². The first kappa shape index (κ1) is 19.1. The Balaban J connectivity index is 4.41. The van der Waals surface area contributed by atoms with Gasteiger partial charge in [-0.3, -0.25) is 4.79 Å². The van der Waals surface area contributed by atoms with Gasteiger partial charge in [-0.2, -0.15) is 8.78 Å². The fourth-order valence-electron chi connectivity index (χ4n) is 1.23. The van der Waals surface area contributed by atoms with Crippen molar-refractivity contribution in [2.75, 3.05) is 13.7 Å². The SMILES string of the molecule is COC(=O)CC(C)(C)OCCC(F)C(F)(F)S(=O)(=O)[O-]. The molecule has 0 aliphatic rings. The standard InChI is InChI=1S/C10H17F3O6S/c1-9(2,6-8(14)18-3)19-5-4-7(11)10(12,13)20(15,16)17/h7H,4-6H2,1-3H3,(H,15,16,17)/p-1. The summed E-state index contributed by atoms with van der Waals surface area (Å²) >= 11 is 0. The molecule has 1 atom stereocenters. The normalized spacial score (nSPS) is 14.9. The summed E-state index contributed by atoms with van der Waals surface area (Å²) in [6.07, 6.45) is -4.38. The average molecular weight is 321 g/mol. The van der Waals surface area contributed by atoms with Crippen LogP contribution in [0.2, 0.25) is 0 Å². The van der Waals surface area contributed by atoms with Crippen LogP contribution in [-0.2, 0) is 24.4 Å². The molecule has 0 aromatic heterocycles. The van der Waals surface area contributed by atoms with Crippen LogP contribution in [0.3, 0.4) is 0 Å². The Labute approximate surface area is 115 Å². The second-order valence-corrected chi connectivity index (χ2v) is 6.09. The van der Waals surface area contributed by atoms with Gasteiger partial charge in [-0.25, -0.2) is 12.8 Å². The van der Waals surface area contributed by atoms with Crippen LogP contribution in [0.1, 0.15) is 26.7 Å². The van der Waals surface area contributed by atoms with Crippen molar-refractivity contribution in [3.8, 4) is 0 Å². The minimum atomic E-state index is -6.08. The molecule has 0 N–H and O–H groups in total. The first-order valence-electron chi connectivity index (χ1n) is 5.51. The van der Waals surface area contributed by atoms with Crippen molar-refractivity contribution in [2.24, 2.45) is 0 Å². The number of carbonyl (C=O) groups is 1. The topological polar surface area (TPSA) is 92.7 Å². The lowest BCUT2D eigenvalue weighted by Crippen LogP contribution is -2.40. The monoisotopic (exact) mass is 321 g/mol. The van der Waals surface area contributed by atoms with Crippen LogP contribution >= 0.6 is 0 Å². The Kier molecular flexibility index (Phi) is 6.43. The first-order valence-corrected chi connectivity index (χ1v) is 6.92. The van der Waals surface area contributed by atoms with E-state index >= 15 is 0 Å². The van der Waals surface area contributed by atoms with Gasteiger partial charge in [0.2, 0.25) is 0 Å². The van der Waals surface area contributed by atoms with E-state index in [1.54, 1.807) is 0 Å². The highest BCUT2D eigenvalue weighted by Gasteiger charge is 2.47. The van der Waals surface area contributed by atoms with Gasteiger partial charge in [0.25, 0.3) is 0 Å². The number of ether oxygens (including phenoxy) is 2. The second kappa shape index (κ2) is 6.72. The predicted octanol–water partition coefficient (Wildman–Crippen LogP) is 1.21. The van der Waals surface area contributed by atoms with Gasteiger partial charge in [0.05, 0.1) is 25.7 Å². The zero-order chi connectivity index (χ0) is 16.2. The van der Waals surface area contributed by atoms with Gasteiger partial charge in [-0.1, -0.05) is 0 Å². The molecule has 0 rings (SSSR count). The smallest absolute Gasteiger partial charge is 0.364 e. The van der Waals surface area contributed by atoms with Crippen LogP contribution in [0.4, 0.5) is 13.2 Å². The van der Waals surface area contributed by atoms with E-state index in [0.29, 0.717) is 0 Å². The molecular formula is C10H16F3O6S-. The zero-order valence-electron chi connectivity index (χ0n) is 11.2. The molecule has 0 aliphatic carbocycles. The molecular weight excluding hydrogens is 305 g/mol. The highest BCUT2D eigenvalue weighted by atomic mass is 32.2. The Hall–Kier alpha value is -0.870. The van der Waals surface area contributed by atoms with Gasteiger partial charge in [0.15, 0.2) is 16.3 Å². The van der Waals surface area contributed by atoms with Gasteiger partial charge in [-0.05, 0) is 13.8 Å². The molecule has 0 saturated carbocycles. The van der Waals surface area contributed by atoms with E-state index in [4.69, 9.17) is 4.74 Å². The number of esters is 1. The maximum atomic E-state index is 13.1. The van der Waals surface area contributed by atoms with Crippen molar-refractivity contribution in [3.05, 3.63) is 0 Å². The van der Waals surface area contributed by atoms with E-state index in [9.17, 15) is 30.9 Å². The fourth-order valence-corrected chi connectivity index (χ4v) is 1.67. The summed E-state index contributed by atoms with van der Waals surface area (Å²) in [4.78, 5) is 11.0. The second-order valence-electron chi connectivity index (χ2n) is 4.63. The summed E-state index contributed by atoms with van der Waals surface area (Å²) in [5.41, 5.74) is -1.10.